The summed E-state index contributed by atoms with van der Waals surface area (Å²) in [6.07, 6.45) is 2.63. The lowest BCUT2D eigenvalue weighted by atomic mass is 10.2. The minimum Gasteiger partial charge on any atom is -0.486 e. The third-order valence-corrected chi connectivity index (χ3v) is 4.10. The van der Waals surface area contributed by atoms with E-state index in [-0.39, 0.29) is 5.75 Å². The molecule has 136 valence electrons. The molecule has 0 fully saturated rings. The van der Waals surface area contributed by atoms with Gasteiger partial charge in [0, 0.05) is 28.2 Å². The normalized spacial score (nSPS) is 13.1. The van der Waals surface area contributed by atoms with E-state index in [0.29, 0.717) is 40.4 Å². The first-order chi connectivity index (χ1) is 12.5. The van der Waals surface area contributed by atoms with Crippen LogP contribution in [0.3, 0.4) is 0 Å². The van der Waals surface area contributed by atoms with Gasteiger partial charge in [-0.15, -0.1) is 0 Å². The summed E-state index contributed by atoms with van der Waals surface area (Å²) in [6, 6.07) is 9.56. The van der Waals surface area contributed by atoms with Crippen LogP contribution < -0.4 is 19.5 Å². The molecule has 0 saturated carbocycles. The SMILES string of the molecule is O=C(/C=C/c1ccccc1OC(F)F)Nc1cc2c(cc1Br)OCCO2. The Balaban J connectivity index is 1.73. The summed E-state index contributed by atoms with van der Waals surface area (Å²) in [5.74, 6) is 0.686. The van der Waals surface area contributed by atoms with Gasteiger partial charge in [0.2, 0.25) is 5.91 Å². The van der Waals surface area contributed by atoms with Crippen molar-refractivity contribution in [2.45, 2.75) is 6.61 Å². The van der Waals surface area contributed by atoms with Crippen LogP contribution in [0.25, 0.3) is 6.08 Å². The molecule has 0 aromatic heterocycles. The van der Waals surface area contributed by atoms with Gasteiger partial charge in [-0.1, -0.05) is 18.2 Å². The predicted octanol–water partition coefficient (Wildman–Crippen LogP) is 4.47. The van der Waals surface area contributed by atoms with Crippen LogP contribution in [0.2, 0.25) is 0 Å². The Morgan fingerprint density at radius 2 is 1.88 bits per heavy atom. The summed E-state index contributed by atoms with van der Waals surface area (Å²) in [5, 5.41) is 2.69. The van der Waals surface area contributed by atoms with Crippen LogP contribution in [0, 0.1) is 0 Å². The number of ether oxygens (including phenoxy) is 3. The first kappa shape index (κ1) is 18.2. The molecule has 0 unspecified atom stereocenters. The Bertz CT molecular complexity index is 842. The Labute approximate surface area is 156 Å². The van der Waals surface area contributed by atoms with Gasteiger partial charge >= 0.3 is 6.61 Å². The van der Waals surface area contributed by atoms with Gasteiger partial charge in [-0.25, -0.2) is 0 Å². The zero-order chi connectivity index (χ0) is 18.5. The van der Waals surface area contributed by atoms with Crippen molar-refractivity contribution in [3.8, 4) is 17.2 Å². The van der Waals surface area contributed by atoms with Gasteiger partial charge in [-0.3, -0.25) is 4.79 Å². The summed E-state index contributed by atoms with van der Waals surface area (Å²) in [4.78, 5) is 12.2. The van der Waals surface area contributed by atoms with E-state index in [2.05, 4.69) is 26.0 Å². The van der Waals surface area contributed by atoms with Crippen molar-refractivity contribution in [3.63, 3.8) is 0 Å². The molecule has 2 aromatic rings. The molecule has 1 heterocycles. The van der Waals surface area contributed by atoms with Crippen LogP contribution in [0.4, 0.5) is 14.5 Å². The number of benzene rings is 2. The molecule has 0 aliphatic carbocycles. The first-order valence-electron chi connectivity index (χ1n) is 7.65. The lowest BCUT2D eigenvalue weighted by molar-refractivity contribution is -0.111. The third-order valence-electron chi connectivity index (χ3n) is 3.44. The smallest absolute Gasteiger partial charge is 0.387 e. The molecule has 1 amide bonds. The van der Waals surface area contributed by atoms with E-state index in [1.807, 2.05) is 0 Å². The number of amides is 1. The Hall–Kier alpha value is -2.61. The van der Waals surface area contributed by atoms with E-state index in [0.717, 1.165) is 0 Å². The van der Waals surface area contributed by atoms with Crippen molar-refractivity contribution < 1.29 is 27.8 Å². The molecule has 0 spiro atoms. The second kappa shape index (κ2) is 8.18. The number of hydrogen-bond acceptors (Lipinski definition) is 4. The number of carbonyl (C=O) groups is 1. The fourth-order valence-electron chi connectivity index (χ4n) is 2.32. The van der Waals surface area contributed by atoms with E-state index < -0.39 is 12.5 Å². The van der Waals surface area contributed by atoms with Gasteiger partial charge in [-0.2, -0.15) is 8.78 Å². The zero-order valence-electron chi connectivity index (χ0n) is 13.4. The monoisotopic (exact) mass is 425 g/mol. The minimum atomic E-state index is -2.94. The standard InChI is InChI=1S/C18H14BrF2NO4/c19-12-9-15-16(25-8-7-24-15)10-13(12)22-17(23)6-5-11-3-1-2-4-14(11)26-18(20)21/h1-6,9-10,18H,7-8H2,(H,22,23)/b6-5+. The second-order valence-electron chi connectivity index (χ2n) is 5.21. The van der Waals surface area contributed by atoms with Crippen molar-refractivity contribution >= 4 is 33.6 Å². The fourth-order valence-corrected chi connectivity index (χ4v) is 2.74. The molecule has 1 N–H and O–H groups in total. The molecule has 0 atom stereocenters. The maximum absolute atomic E-state index is 12.4. The summed E-state index contributed by atoms with van der Waals surface area (Å²) < 4.78 is 40.8. The van der Waals surface area contributed by atoms with Crippen molar-refractivity contribution in [1.82, 2.24) is 0 Å². The van der Waals surface area contributed by atoms with Gasteiger partial charge < -0.3 is 19.5 Å². The number of alkyl halides is 2. The zero-order valence-corrected chi connectivity index (χ0v) is 15.0. The van der Waals surface area contributed by atoms with E-state index in [4.69, 9.17) is 9.47 Å². The van der Waals surface area contributed by atoms with Crippen LogP contribution in [-0.4, -0.2) is 25.7 Å². The van der Waals surface area contributed by atoms with Gasteiger partial charge in [-0.05, 0) is 28.1 Å². The molecule has 1 aliphatic heterocycles. The summed E-state index contributed by atoms with van der Waals surface area (Å²) >= 11 is 3.36. The van der Waals surface area contributed by atoms with Crippen LogP contribution in [-0.2, 0) is 4.79 Å². The molecule has 8 heteroatoms. The van der Waals surface area contributed by atoms with Crippen LogP contribution in [0.15, 0.2) is 46.9 Å². The molecule has 5 nitrogen and oxygen atoms in total. The molecule has 26 heavy (non-hydrogen) atoms. The van der Waals surface area contributed by atoms with Crippen LogP contribution >= 0.6 is 15.9 Å². The molecular formula is C18H14BrF2NO4. The largest absolute Gasteiger partial charge is 0.486 e. The molecule has 0 radical (unpaired) electrons. The number of anilines is 1. The highest BCUT2D eigenvalue weighted by Gasteiger charge is 2.15. The van der Waals surface area contributed by atoms with Crippen molar-refractivity contribution in [2.24, 2.45) is 0 Å². The topological polar surface area (TPSA) is 56.8 Å². The summed E-state index contributed by atoms with van der Waals surface area (Å²) in [7, 11) is 0. The minimum absolute atomic E-state index is 0.00735. The number of halogens is 3. The van der Waals surface area contributed by atoms with Crippen LogP contribution in [0.1, 0.15) is 5.56 Å². The number of nitrogens with one attached hydrogen (secondary N) is 1. The van der Waals surface area contributed by atoms with Crippen LogP contribution in [0.5, 0.6) is 17.2 Å². The Morgan fingerprint density at radius 3 is 2.62 bits per heavy atom. The lowest BCUT2D eigenvalue weighted by Gasteiger charge is -2.19. The lowest BCUT2D eigenvalue weighted by Crippen LogP contribution is -2.16. The number of rotatable bonds is 5. The predicted molar refractivity (Wildman–Crippen MR) is 95.9 cm³/mol. The third kappa shape index (κ3) is 4.51. The molecule has 1 aliphatic rings. The Kier molecular flexibility index (Phi) is 5.72. The molecule has 0 saturated heterocycles. The average molecular weight is 426 g/mol. The molecular weight excluding hydrogens is 412 g/mol. The Morgan fingerprint density at radius 1 is 1.19 bits per heavy atom. The molecule has 2 aromatic carbocycles. The summed E-state index contributed by atoms with van der Waals surface area (Å²) in [6.45, 7) is -2.04. The second-order valence-corrected chi connectivity index (χ2v) is 6.07. The number of hydrogen-bond donors (Lipinski definition) is 1. The van der Waals surface area contributed by atoms with Gasteiger partial charge in [0.25, 0.3) is 0 Å². The number of para-hydroxylation sites is 1. The van der Waals surface area contributed by atoms with Crippen molar-refractivity contribution in [3.05, 3.63) is 52.5 Å². The quantitative estimate of drug-likeness (QED) is 0.717. The maximum Gasteiger partial charge on any atom is 0.387 e. The highest BCUT2D eigenvalue weighted by atomic mass is 79.9. The number of carbonyl (C=O) groups excluding carboxylic acids is 1. The van der Waals surface area contributed by atoms with Gasteiger partial charge in [0.1, 0.15) is 19.0 Å². The van der Waals surface area contributed by atoms with E-state index in [1.165, 1.54) is 18.2 Å². The highest BCUT2D eigenvalue weighted by Crippen LogP contribution is 2.38. The van der Waals surface area contributed by atoms with Gasteiger partial charge in [0.15, 0.2) is 11.5 Å². The average Bonchev–Trinajstić information content (AvgIpc) is 2.61. The van der Waals surface area contributed by atoms with Crippen molar-refractivity contribution in [2.75, 3.05) is 18.5 Å². The number of fused-ring (bicyclic) bond motifs is 1. The first-order valence-corrected chi connectivity index (χ1v) is 8.44. The maximum atomic E-state index is 12.4. The molecule has 0 bridgehead atoms. The summed E-state index contributed by atoms with van der Waals surface area (Å²) in [5.41, 5.74) is 0.866. The highest BCUT2D eigenvalue weighted by molar-refractivity contribution is 9.10. The van der Waals surface area contributed by atoms with E-state index in [1.54, 1.807) is 30.3 Å². The van der Waals surface area contributed by atoms with E-state index >= 15 is 0 Å². The van der Waals surface area contributed by atoms with Gasteiger partial charge in [0.05, 0.1) is 5.69 Å². The van der Waals surface area contributed by atoms with Crippen molar-refractivity contribution in [1.29, 1.82) is 0 Å². The fraction of sp³-hybridized carbons (Fsp3) is 0.167. The van der Waals surface area contributed by atoms with E-state index in [9.17, 15) is 13.6 Å². The molecule has 3 rings (SSSR count).